The third kappa shape index (κ3) is 3.92. The van der Waals surface area contributed by atoms with Crippen LogP contribution in [0.2, 0.25) is 0 Å². The van der Waals surface area contributed by atoms with Crippen molar-refractivity contribution in [1.82, 2.24) is 0 Å². The van der Waals surface area contributed by atoms with Gasteiger partial charge in [-0.05, 0) is 56.2 Å². The average molecular weight is 302 g/mol. The first-order chi connectivity index (χ1) is 10.3. The lowest BCUT2D eigenvalue weighted by Gasteiger charge is -2.19. The molecule has 0 saturated heterocycles. The molecule has 0 heterocycles. The Morgan fingerprint density at radius 2 is 1.68 bits per heavy atom. The van der Waals surface area contributed by atoms with E-state index in [2.05, 4.69) is 0 Å². The Bertz CT molecular complexity index is 670. The number of benzene rings is 2. The molecule has 2 aromatic rings. The van der Waals surface area contributed by atoms with E-state index in [1.807, 2.05) is 20.8 Å². The zero-order valence-corrected chi connectivity index (χ0v) is 12.9. The van der Waals surface area contributed by atoms with Crippen molar-refractivity contribution >= 4 is 5.97 Å². The molecular formula is C18H19FO3. The van der Waals surface area contributed by atoms with Crippen molar-refractivity contribution in [3.05, 3.63) is 59.4 Å². The molecule has 0 aliphatic heterocycles. The van der Waals surface area contributed by atoms with Gasteiger partial charge < -0.3 is 9.84 Å². The van der Waals surface area contributed by atoms with Crippen LogP contribution in [0.25, 0.3) is 11.1 Å². The number of hydrogen-bond donors (Lipinski definition) is 1. The second kappa shape index (κ2) is 6.28. The Morgan fingerprint density at radius 1 is 1.09 bits per heavy atom. The van der Waals surface area contributed by atoms with Crippen LogP contribution in [-0.2, 0) is 11.3 Å². The van der Waals surface area contributed by atoms with E-state index in [0.717, 1.165) is 11.1 Å². The number of carbonyl (C=O) groups excluding carboxylic acids is 1. The number of rotatable bonds is 3. The third-order valence-electron chi connectivity index (χ3n) is 3.07. The van der Waals surface area contributed by atoms with E-state index in [9.17, 15) is 9.18 Å². The summed E-state index contributed by atoms with van der Waals surface area (Å²) in [4.78, 5) is 11.9. The van der Waals surface area contributed by atoms with E-state index in [0.29, 0.717) is 5.56 Å². The molecule has 0 fully saturated rings. The van der Waals surface area contributed by atoms with Crippen LogP contribution in [0.1, 0.15) is 36.7 Å². The van der Waals surface area contributed by atoms with Crippen LogP contribution in [0.4, 0.5) is 4.39 Å². The highest BCUT2D eigenvalue weighted by Gasteiger charge is 2.17. The topological polar surface area (TPSA) is 46.5 Å². The summed E-state index contributed by atoms with van der Waals surface area (Å²) < 4.78 is 18.7. The predicted octanol–water partition coefficient (Wildman–Crippen LogP) is 3.94. The molecule has 2 aromatic carbocycles. The lowest BCUT2D eigenvalue weighted by atomic mass is 10.0. The van der Waals surface area contributed by atoms with E-state index >= 15 is 0 Å². The maximum atomic E-state index is 13.4. The van der Waals surface area contributed by atoms with Gasteiger partial charge in [-0.25, -0.2) is 9.18 Å². The van der Waals surface area contributed by atoms with Crippen molar-refractivity contribution in [2.45, 2.75) is 33.0 Å². The van der Waals surface area contributed by atoms with Crippen LogP contribution in [0, 0.1) is 5.82 Å². The number of aliphatic hydroxyl groups excluding tert-OH is 1. The highest BCUT2D eigenvalue weighted by molar-refractivity contribution is 5.90. The van der Waals surface area contributed by atoms with Crippen molar-refractivity contribution in [3.8, 4) is 11.1 Å². The monoisotopic (exact) mass is 302 g/mol. The highest BCUT2D eigenvalue weighted by atomic mass is 19.1. The molecule has 0 aliphatic rings. The van der Waals surface area contributed by atoms with Crippen molar-refractivity contribution in [1.29, 1.82) is 0 Å². The van der Waals surface area contributed by atoms with Gasteiger partial charge in [0.05, 0.1) is 12.2 Å². The summed E-state index contributed by atoms with van der Waals surface area (Å²) in [6, 6.07) is 11.4. The molecule has 4 heteroatoms. The van der Waals surface area contributed by atoms with Gasteiger partial charge in [-0.2, -0.15) is 0 Å². The zero-order valence-electron chi connectivity index (χ0n) is 12.9. The lowest BCUT2D eigenvalue weighted by Crippen LogP contribution is -2.23. The number of ether oxygens (including phenoxy) is 1. The number of halogens is 1. The van der Waals surface area contributed by atoms with Crippen LogP contribution < -0.4 is 0 Å². The maximum absolute atomic E-state index is 13.4. The first-order valence-electron chi connectivity index (χ1n) is 7.03. The van der Waals surface area contributed by atoms with Gasteiger partial charge in [-0.15, -0.1) is 0 Å². The molecule has 0 atom stereocenters. The minimum absolute atomic E-state index is 0.244. The average Bonchev–Trinajstić information content (AvgIpc) is 2.46. The predicted molar refractivity (Wildman–Crippen MR) is 82.9 cm³/mol. The van der Waals surface area contributed by atoms with E-state index in [4.69, 9.17) is 9.84 Å². The fraction of sp³-hybridized carbons (Fsp3) is 0.278. The van der Waals surface area contributed by atoms with E-state index in [1.54, 1.807) is 36.4 Å². The smallest absolute Gasteiger partial charge is 0.338 e. The van der Waals surface area contributed by atoms with Gasteiger partial charge in [0.15, 0.2) is 0 Å². The van der Waals surface area contributed by atoms with Gasteiger partial charge in [-0.3, -0.25) is 0 Å². The molecule has 0 bridgehead atoms. The normalized spacial score (nSPS) is 11.3. The Labute approximate surface area is 129 Å². The first kappa shape index (κ1) is 16.2. The van der Waals surface area contributed by atoms with E-state index in [-0.39, 0.29) is 18.1 Å². The summed E-state index contributed by atoms with van der Waals surface area (Å²) in [6.45, 7) is 5.09. The Morgan fingerprint density at radius 3 is 2.23 bits per heavy atom. The maximum Gasteiger partial charge on any atom is 0.338 e. The Hall–Kier alpha value is -2.20. The van der Waals surface area contributed by atoms with Crippen LogP contribution in [0.5, 0.6) is 0 Å². The van der Waals surface area contributed by atoms with Crippen molar-refractivity contribution in [3.63, 3.8) is 0 Å². The summed E-state index contributed by atoms with van der Waals surface area (Å²) in [7, 11) is 0. The molecule has 0 saturated carbocycles. The number of esters is 1. The van der Waals surface area contributed by atoms with Crippen molar-refractivity contribution < 1.29 is 19.0 Å². The molecular weight excluding hydrogens is 283 g/mol. The third-order valence-corrected chi connectivity index (χ3v) is 3.07. The summed E-state index contributed by atoms with van der Waals surface area (Å²) in [6.07, 6.45) is 0. The molecule has 1 N–H and O–H groups in total. The number of hydrogen-bond acceptors (Lipinski definition) is 3. The fourth-order valence-corrected chi connectivity index (χ4v) is 2.01. The van der Waals surface area contributed by atoms with Gasteiger partial charge in [0.2, 0.25) is 0 Å². The van der Waals surface area contributed by atoms with Gasteiger partial charge in [-0.1, -0.05) is 18.2 Å². The lowest BCUT2D eigenvalue weighted by molar-refractivity contribution is 0.00695. The van der Waals surface area contributed by atoms with Crippen molar-refractivity contribution in [2.75, 3.05) is 0 Å². The molecule has 116 valence electrons. The van der Waals surface area contributed by atoms with E-state index in [1.165, 1.54) is 6.07 Å². The fourth-order valence-electron chi connectivity index (χ4n) is 2.01. The molecule has 2 rings (SSSR count). The zero-order chi connectivity index (χ0) is 16.3. The molecule has 0 aliphatic carbocycles. The molecule has 0 amide bonds. The Balaban J connectivity index is 2.24. The second-order valence-corrected chi connectivity index (χ2v) is 6.04. The SMILES string of the molecule is CC(C)(C)OC(=O)c1ccc(-c2ccc(F)c(CO)c2)cc1. The van der Waals surface area contributed by atoms with Gasteiger partial charge in [0.1, 0.15) is 11.4 Å². The second-order valence-electron chi connectivity index (χ2n) is 6.04. The van der Waals surface area contributed by atoms with Crippen LogP contribution >= 0.6 is 0 Å². The summed E-state index contributed by atoms with van der Waals surface area (Å²) in [5, 5.41) is 9.11. The molecule has 0 aromatic heterocycles. The standard InChI is InChI=1S/C18H19FO3/c1-18(2,3)22-17(21)13-6-4-12(5-7-13)14-8-9-16(19)15(10-14)11-20/h4-10,20H,11H2,1-3H3. The minimum Gasteiger partial charge on any atom is -0.456 e. The van der Waals surface area contributed by atoms with Gasteiger partial charge in [0, 0.05) is 5.56 Å². The van der Waals surface area contributed by atoms with Crippen LogP contribution in [0.3, 0.4) is 0 Å². The van der Waals surface area contributed by atoms with Crippen molar-refractivity contribution in [2.24, 2.45) is 0 Å². The van der Waals surface area contributed by atoms with Gasteiger partial charge >= 0.3 is 5.97 Å². The number of aliphatic hydroxyl groups is 1. The Kier molecular flexibility index (Phi) is 4.62. The summed E-state index contributed by atoms with van der Waals surface area (Å²) in [5.41, 5.74) is 1.78. The molecule has 0 radical (unpaired) electrons. The summed E-state index contributed by atoms with van der Waals surface area (Å²) >= 11 is 0. The van der Waals surface area contributed by atoms with Gasteiger partial charge in [0.25, 0.3) is 0 Å². The molecule has 0 unspecified atom stereocenters. The highest BCUT2D eigenvalue weighted by Crippen LogP contribution is 2.23. The minimum atomic E-state index is -0.539. The summed E-state index contributed by atoms with van der Waals surface area (Å²) in [5.74, 6) is -0.814. The van der Waals surface area contributed by atoms with Crippen LogP contribution in [0.15, 0.2) is 42.5 Å². The van der Waals surface area contributed by atoms with Crippen LogP contribution in [-0.4, -0.2) is 16.7 Å². The first-order valence-corrected chi connectivity index (χ1v) is 7.03. The van der Waals surface area contributed by atoms with E-state index < -0.39 is 11.4 Å². The molecule has 3 nitrogen and oxygen atoms in total. The molecule has 22 heavy (non-hydrogen) atoms. The molecule has 0 spiro atoms. The number of carbonyl (C=O) groups is 1. The largest absolute Gasteiger partial charge is 0.456 e. The quantitative estimate of drug-likeness (QED) is 0.874.